The molecule has 0 aliphatic heterocycles. The molecule has 0 bridgehead atoms. The van der Waals surface area contributed by atoms with E-state index in [1.165, 1.54) is 30.3 Å². The molecular formula is C12H7BrCl2FNO2S. The fourth-order valence-electron chi connectivity index (χ4n) is 1.45. The lowest BCUT2D eigenvalue weighted by molar-refractivity contribution is 0.601. The third-order valence-electron chi connectivity index (χ3n) is 2.35. The van der Waals surface area contributed by atoms with Gasteiger partial charge in [0.05, 0.1) is 15.2 Å². The molecule has 0 aliphatic carbocycles. The minimum absolute atomic E-state index is 0.0273. The van der Waals surface area contributed by atoms with Crippen molar-refractivity contribution in [2.24, 2.45) is 0 Å². The molecule has 0 spiro atoms. The zero-order valence-electron chi connectivity index (χ0n) is 9.70. The molecule has 1 N–H and O–H groups in total. The fraction of sp³-hybridized carbons (Fsp3) is 0. The fourth-order valence-corrected chi connectivity index (χ4v) is 3.51. The molecule has 0 heterocycles. The summed E-state index contributed by atoms with van der Waals surface area (Å²) >= 11 is 14.6. The van der Waals surface area contributed by atoms with E-state index in [2.05, 4.69) is 20.7 Å². The molecule has 2 rings (SSSR count). The predicted molar refractivity (Wildman–Crippen MR) is 81.4 cm³/mol. The zero-order valence-corrected chi connectivity index (χ0v) is 13.6. The van der Waals surface area contributed by atoms with E-state index in [4.69, 9.17) is 23.2 Å². The molecular weight excluding hydrogens is 392 g/mol. The normalized spacial score (nSPS) is 11.4. The van der Waals surface area contributed by atoms with Gasteiger partial charge in [-0.1, -0.05) is 23.2 Å². The van der Waals surface area contributed by atoms with Crippen molar-refractivity contribution in [3.63, 3.8) is 0 Å². The number of halogens is 4. The number of hydrogen-bond donors (Lipinski definition) is 1. The maximum atomic E-state index is 13.4. The molecule has 0 unspecified atom stereocenters. The monoisotopic (exact) mass is 397 g/mol. The van der Waals surface area contributed by atoms with Crippen LogP contribution in [0.4, 0.5) is 10.1 Å². The first-order valence-corrected chi connectivity index (χ1v) is 8.26. The van der Waals surface area contributed by atoms with Crippen LogP contribution in [-0.4, -0.2) is 8.42 Å². The summed E-state index contributed by atoms with van der Waals surface area (Å²) in [6, 6.07) is 7.94. The third-order valence-corrected chi connectivity index (χ3v) is 5.10. The van der Waals surface area contributed by atoms with Gasteiger partial charge in [-0.2, -0.15) is 0 Å². The van der Waals surface area contributed by atoms with E-state index in [-0.39, 0.29) is 25.1 Å². The molecule has 0 aliphatic rings. The SMILES string of the molecule is O=S(=O)(Nc1ccc(Br)c(F)c1)c1cc(Cl)ccc1Cl. The van der Waals surface area contributed by atoms with Gasteiger partial charge < -0.3 is 0 Å². The van der Waals surface area contributed by atoms with Crippen LogP contribution in [0.5, 0.6) is 0 Å². The molecule has 0 amide bonds. The minimum Gasteiger partial charge on any atom is -0.279 e. The number of nitrogens with one attached hydrogen (secondary N) is 1. The highest BCUT2D eigenvalue weighted by atomic mass is 79.9. The van der Waals surface area contributed by atoms with Crippen LogP contribution >= 0.6 is 39.1 Å². The van der Waals surface area contributed by atoms with Crippen LogP contribution in [-0.2, 0) is 10.0 Å². The predicted octanol–water partition coefficient (Wildman–Crippen LogP) is 4.70. The van der Waals surface area contributed by atoms with E-state index in [1.807, 2.05) is 0 Å². The Labute approximate surface area is 133 Å². The molecule has 0 atom stereocenters. The van der Waals surface area contributed by atoms with Crippen molar-refractivity contribution in [2.45, 2.75) is 4.90 Å². The Morgan fingerprint density at radius 1 is 1.10 bits per heavy atom. The van der Waals surface area contributed by atoms with Crippen molar-refractivity contribution < 1.29 is 12.8 Å². The van der Waals surface area contributed by atoms with Crippen LogP contribution in [0, 0.1) is 5.82 Å². The lowest BCUT2D eigenvalue weighted by atomic mass is 10.3. The second-order valence-corrected chi connectivity index (χ2v) is 7.16. The standard InChI is InChI=1S/C12H7BrCl2FNO2S/c13-9-3-2-8(6-11(9)16)17-20(18,19)12-5-7(14)1-4-10(12)15/h1-6,17H. The van der Waals surface area contributed by atoms with Gasteiger partial charge in [-0.3, -0.25) is 4.72 Å². The van der Waals surface area contributed by atoms with Crippen LogP contribution in [0.3, 0.4) is 0 Å². The summed E-state index contributed by atoms with van der Waals surface area (Å²) in [7, 11) is -3.94. The summed E-state index contributed by atoms with van der Waals surface area (Å²) in [6.45, 7) is 0. The molecule has 106 valence electrons. The van der Waals surface area contributed by atoms with E-state index >= 15 is 0 Å². The summed E-state index contributed by atoms with van der Waals surface area (Å²) in [5.41, 5.74) is 0.0849. The molecule has 20 heavy (non-hydrogen) atoms. The zero-order chi connectivity index (χ0) is 14.9. The van der Waals surface area contributed by atoms with Crippen molar-refractivity contribution >= 4 is 54.8 Å². The van der Waals surface area contributed by atoms with E-state index in [0.717, 1.165) is 6.07 Å². The Bertz CT molecular complexity index is 768. The van der Waals surface area contributed by atoms with E-state index < -0.39 is 15.8 Å². The first-order valence-electron chi connectivity index (χ1n) is 5.22. The quantitative estimate of drug-likeness (QED) is 0.814. The Morgan fingerprint density at radius 3 is 2.45 bits per heavy atom. The lowest BCUT2D eigenvalue weighted by Crippen LogP contribution is -2.13. The maximum absolute atomic E-state index is 13.4. The van der Waals surface area contributed by atoms with Crippen molar-refractivity contribution in [2.75, 3.05) is 4.72 Å². The molecule has 0 aromatic heterocycles. The van der Waals surface area contributed by atoms with Gasteiger partial charge in [-0.15, -0.1) is 0 Å². The van der Waals surface area contributed by atoms with Gasteiger partial charge in [-0.05, 0) is 52.3 Å². The number of benzene rings is 2. The van der Waals surface area contributed by atoms with Gasteiger partial charge in [-0.25, -0.2) is 12.8 Å². The maximum Gasteiger partial charge on any atom is 0.263 e. The molecule has 8 heteroatoms. The first-order chi connectivity index (χ1) is 9.29. The van der Waals surface area contributed by atoms with Crippen molar-refractivity contribution in [3.8, 4) is 0 Å². The smallest absolute Gasteiger partial charge is 0.263 e. The van der Waals surface area contributed by atoms with Crippen LogP contribution < -0.4 is 4.72 Å². The summed E-state index contributed by atoms with van der Waals surface area (Å²) < 4.78 is 40.2. The van der Waals surface area contributed by atoms with Crippen LogP contribution in [0.1, 0.15) is 0 Å². The number of sulfonamides is 1. The number of rotatable bonds is 3. The molecule has 0 saturated heterocycles. The molecule has 3 nitrogen and oxygen atoms in total. The van der Waals surface area contributed by atoms with Gasteiger partial charge in [0, 0.05) is 5.02 Å². The second-order valence-electron chi connectivity index (χ2n) is 3.81. The van der Waals surface area contributed by atoms with Crippen molar-refractivity contribution in [3.05, 3.63) is 56.7 Å². The summed E-state index contributed by atoms with van der Waals surface area (Å²) in [6.07, 6.45) is 0. The molecule has 2 aromatic rings. The number of hydrogen-bond acceptors (Lipinski definition) is 2. The average molecular weight is 399 g/mol. The highest BCUT2D eigenvalue weighted by Gasteiger charge is 2.19. The summed E-state index contributed by atoms with van der Waals surface area (Å²) in [4.78, 5) is -0.171. The van der Waals surface area contributed by atoms with Crippen LogP contribution in [0.2, 0.25) is 10.0 Å². The largest absolute Gasteiger partial charge is 0.279 e. The Hall–Kier alpha value is -0.820. The van der Waals surface area contributed by atoms with E-state index in [0.29, 0.717) is 0 Å². The topological polar surface area (TPSA) is 46.2 Å². The Morgan fingerprint density at radius 2 is 1.80 bits per heavy atom. The molecule has 2 aromatic carbocycles. The Kier molecular flexibility index (Phi) is 4.59. The van der Waals surface area contributed by atoms with Gasteiger partial charge in [0.25, 0.3) is 10.0 Å². The lowest BCUT2D eigenvalue weighted by Gasteiger charge is -2.10. The first kappa shape index (κ1) is 15.6. The van der Waals surface area contributed by atoms with Crippen molar-refractivity contribution in [1.82, 2.24) is 0 Å². The van der Waals surface area contributed by atoms with E-state index in [1.54, 1.807) is 0 Å². The van der Waals surface area contributed by atoms with Crippen LogP contribution in [0.15, 0.2) is 45.8 Å². The molecule has 0 radical (unpaired) electrons. The van der Waals surface area contributed by atoms with Crippen molar-refractivity contribution in [1.29, 1.82) is 0 Å². The van der Waals surface area contributed by atoms with Gasteiger partial charge >= 0.3 is 0 Å². The van der Waals surface area contributed by atoms with Crippen LogP contribution in [0.25, 0.3) is 0 Å². The highest BCUT2D eigenvalue weighted by Crippen LogP contribution is 2.27. The Balaban J connectivity index is 2.40. The van der Waals surface area contributed by atoms with E-state index in [9.17, 15) is 12.8 Å². The van der Waals surface area contributed by atoms with Gasteiger partial charge in [0.15, 0.2) is 0 Å². The third kappa shape index (κ3) is 3.44. The molecule has 0 fully saturated rings. The summed E-state index contributed by atoms with van der Waals surface area (Å²) in [5, 5.41) is 0.260. The average Bonchev–Trinajstić information content (AvgIpc) is 2.36. The highest BCUT2D eigenvalue weighted by molar-refractivity contribution is 9.10. The minimum atomic E-state index is -3.94. The number of anilines is 1. The molecule has 0 saturated carbocycles. The second kappa shape index (κ2) is 5.89. The van der Waals surface area contributed by atoms with Gasteiger partial charge in [0.2, 0.25) is 0 Å². The summed E-state index contributed by atoms with van der Waals surface area (Å²) in [5.74, 6) is -0.581. The van der Waals surface area contributed by atoms with Gasteiger partial charge in [0.1, 0.15) is 10.7 Å².